The van der Waals surface area contributed by atoms with Crippen LogP contribution in [0.5, 0.6) is 0 Å². The van der Waals surface area contributed by atoms with Crippen molar-refractivity contribution in [2.75, 3.05) is 44.4 Å². The van der Waals surface area contributed by atoms with Gasteiger partial charge in [0.15, 0.2) is 0 Å². The summed E-state index contributed by atoms with van der Waals surface area (Å²) in [5, 5.41) is 0. The topological polar surface area (TPSA) is 12.5 Å². The third-order valence-corrected chi connectivity index (χ3v) is 5.00. The Morgan fingerprint density at radius 2 is 1.69 bits per heavy atom. The maximum atomic E-state index is 5.33. The van der Waals surface area contributed by atoms with Crippen LogP contribution in [0.2, 0.25) is 0 Å². The Kier molecular flexibility index (Phi) is 7.20. The van der Waals surface area contributed by atoms with E-state index in [1.54, 1.807) is 0 Å². The molecular weight excluding hydrogens is 238 g/mol. The summed E-state index contributed by atoms with van der Waals surface area (Å²) in [6, 6.07) is 0. The molecule has 0 amide bonds. The highest BCUT2D eigenvalue weighted by atomic mass is 33.1. The van der Waals surface area contributed by atoms with E-state index < -0.39 is 0 Å². The quantitative estimate of drug-likeness (QED) is 0.539. The Labute approximate surface area is 108 Å². The normalized spacial score (nSPS) is 18.9. The summed E-state index contributed by atoms with van der Waals surface area (Å²) in [6.07, 6.45) is 1.31. The Bertz CT molecular complexity index is 176. The van der Waals surface area contributed by atoms with Crippen molar-refractivity contribution in [3.8, 4) is 0 Å². The van der Waals surface area contributed by atoms with E-state index in [0.717, 1.165) is 26.3 Å². The van der Waals surface area contributed by atoms with Crippen LogP contribution in [0.25, 0.3) is 0 Å². The van der Waals surface area contributed by atoms with Crippen LogP contribution < -0.4 is 0 Å². The van der Waals surface area contributed by atoms with Crippen LogP contribution in [-0.2, 0) is 4.74 Å². The molecule has 1 fully saturated rings. The van der Waals surface area contributed by atoms with E-state index in [0.29, 0.717) is 5.41 Å². The van der Waals surface area contributed by atoms with Crippen LogP contribution in [0.1, 0.15) is 27.2 Å². The zero-order chi connectivity index (χ0) is 11.9. The molecule has 0 aromatic heterocycles. The molecule has 4 heteroatoms. The van der Waals surface area contributed by atoms with Crippen LogP contribution in [0.15, 0.2) is 0 Å². The Hall–Kier alpha value is 0.620. The second-order valence-electron chi connectivity index (χ2n) is 5.41. The average molecular weight is 263 g/mol. The van der Waals surface area contributed by atoms with Gasteiger partial charge in [-0.2, -0.15) is 0 Å². The summed E-state index contributed by atoms with van der Waals surface area (Å²) >= 11 is 0. The molecule has 0 aromatic carbocycles. The van der Waals surface area contributed by atoms with Gasteiger partial charge in [-0.15, -0.1) is 0 Å². The number of ether oxygens (including phenoxy) is 1. The molecule has 1 saturated heterocycles. The third kappa shape index (κ3) is 7.82. The monoisotopic (exact) mass is 263 g/mol. The first kappa shape index (κ1) is 14.7. The lowest BCUT2D eigenvalue weighted by Gasteiger charge is -2.26. The van der Waals surface area contributed by atoms with Gasteiger partial charge in [0.2, 0.25) is 0 Å². The van der Waals surface area contributed by atoms with Gasteiger partial charge < -0.3 is 4.74 Å². The second-order valence-corrected chi connectivity index (χ2v) is 8.11. The SMILES string of the molecule is CC(C)(C)CCSSCCN1CCOCC1. The molecule has 0 unspecified atom stereocenters. The Morgan fingerprint density at radius 1 is 1.06 bits per heavy atom. The van der Waals surface area contributed by atoms with Crippen molar-refractivity contribution in [1.82, 2.24) is 4.90 Å². The summed E-state index contributed by atoms with van der Waals surface area (Å²) in [5.74, 6) is 2.52. The van der Waals surface area contributed by atoms with Crippen LogP contribution in [0.4, 0.5) is 0 Å². The molecule has 1 aliphatic heterocycles. The van der Waals surface area contributed by atoms with Crippen molar-refractivity contribution in [2.45, 2.75) is 27.2 Å². The van der Waals surface area contributed by atoms with Crippen molar-refractivity contribution in [3.63, 3.8) is 0 Å². The van der Waals surface area contributed by atoms with Crippen LogP contribution >= 0.6 is 21.6 Å². The molecule has 0 aliphatic carbocycles. The molecule has 1 rings (SSSR count). The summed E-state index contributed by atoms with van der Waals surface area (Å²) in [5.41, 5.74) is 0.484. The van der Waals surface area contributed by atoms with Gasteiger partial charge in [-0.3, -0.25) is 4.90 Å². The predicted octanol–water partition coefficient (Wildman–Crippen LogP) is 3.14. The average Bonchev–Trinajstić information content (AvgIpc) is 2.23. The highest BCUT2D eigenvalue weighted by Gasteiger charge is 2.11. The van der Waals surface area contributed by atoms with Gasteiger partial charge in [0.25, 0.3) is 0 Å². The molecule has 0 saturated carbocycles. The molecular formula is C12H25NOS2. The summed E-state index contributed by atoms with van der Waals surface area (Å²) in [7, 11) is 4.05. The largest absolute Gasteiger partial charge is 0.379 e. The van der Waals surface area contributed by atoms with Crippen molar-refractivity contribution >= 4 is 21.6 Å². The number of rotatable bonds is 6. The van der Waals surface area contributed by atoms with Crippen LogP contribution in [-0.4, -0.2) is 49.3 Å². The molecule has 1 heterocycles. The smallest absolute Gasteiger partial charge is 0.0594 e. The van der Waals surface area contributed by atoms with Gasteiger partial charge >= 0.3 is 0 Å². The lowest BCUT2D eigenvalue weighted by atomic mass is 9.94. The maximum absolute atomic E-state index is 5.33. The molecule has 1 aliphatic rings. The van der Waals surface area contributed by atoms with E-state index in [2.05, 4.69) is 25.7 Å². The number of hydrogen-bond donors (Lipinski definition) is 0. The summed E-state index contributed by atoms with van der Waals surface area (Å²) in [4.78, 5) is 2.50. The molecule has 16 heavy (non-hydrogen) atoms. The molecule has 0 aromatic rings. The third-order valence-electron chi connectivity index (χ3n) is 2.61. The maximum Gasteiger partial charge on any atom is 0.0594 e. The lowest BCUT2D eigenvalue weighted by molar-refractivity contribution is 0.0410. The lowest BCUT2D eigenvalue weighted by Crippen LogP contribution is -2.37. The first-order valence-corrected chi connectivity index (χ1v) is 8.61. The standard InChI is InChI=1S/C12H25NOS2/c1-12(2,3)4-10-15-16-11-7-13-5-8-14-9-6-13/h4-11H2,1-3H3. The molecule has 0 bridgehead atoms. The minimum atomic E-state index is 0.484. The zero-order valence-electron chi connectivity index (χ0n) is 10.8. The van der Waals surface area contributed by atoms with Crippen molar-refractivity contribution in [3.05, 3.63) is 0 Å². The first-order chi connectivity index (χ1) is 7.58. The van der Waals surface area contributed by atoms with Crippen molar-refractivity contribution in [1.29, 1.82) is 0 Å². The number of hydrogen-bond acceptors (Lipinski definition) is 4. The van der Waals surface area contributed by atoms with E-state index in [4.69, 9.17) is 4.74 Å². The van der Waals surface area contributed by atoms with Crippen molar-refractivity contribution < 1.29 is 4.74 Å². The second kappa shape index (κ2) is 7.85. The minimum absolute atomic E-state index is 0.484. The van der Waals surface area contributed by atoms with Gasteiger partial charge in [-0.05, 0) is 11.8 Å². The minimum Gasteiger partial charge on any atom is -0.379 e. The molecule has 0 N–H and O–H groups in total. The predicted molar refractivity (Wildman–Crippen MR) is 76.2 cm³/mol. The summed E-state index contributed by atoms with van der Waals surface area (Å²) < 4.78 is 5.33. The number of morpholine rings is 1. The van der Waals surface area contributed by atoms with Gasteiger partial charge in [-0.25, -0.2) is 0 Å². The fourth-order valence-electron chi connectivity index (χ4n) is 1.46. The Balaban J connectivity index is 1.87. The first-order valence-electron chi connectivity index (χ1n) is 6.12. The van der Waals surface area contributed by atoms with E-state index >= 15 is 0 Å². The fraction of sp³-hybridized carbons (Fsp3) is 1.00. The molecule has 0 atom stereocenters. The number of nitrogens with zero attached hydrogens (tertiary/aromatic N) is 1. The zero-order valence-corrected chi connectivity index (χ0v) is 12.5. The van der Waals surface area contributed by atoms with E-state index in [1.807, 2.05) is 21.6 Å². The molecule has 96 valence electrons. The van der Waals surface area contributed by atoms with Gasteiger partial charge in [0, 0.05) is 31.1 Å². The van der Waals surface area contributed by atoms with Crippen LogP contribution in [0, 0.1) is 5.41 Å². The molecule has 2 nitrogen and oxygen atoms in total. The van der Waals surface area contributed by atoms with E-state index in [1.165, 1.54) is 24.5 Å². The van der Waals surface area contributed by atoms with Gasteiger partial charge in [0.1, 0.15) is 0 Å². The van der Waals surface area contributed by atoms with Crippen molar-refractivity contribution in [2.24, 2.45) is 5.41 Å². The Morgan fingerprint density at radius 3 is 2.31 bits per heavy atom. The molecule has 0 radical (unpaired) electrons. The van der Waals surface area contributed by atoms with E-state index in [-0.39, 0.29) is 0 Å². The summed E-state index contributed by atoms with van der Waals surface area (Å²) in [6.45, 7) is 12.2. The highest BCUT2D eigenvalue weighted by Crippen LogP contribution is 2.27. The van der Waals surface area contributed by atoms with E-state index in [9.17, 15) is 0 Å². The van der Waals surface area contributed by atoms with Gasteiger partial charge in [0.05, 0.1) is 13.2 Å². The highest BCUT2D eigenvalue weighted by molar-refractivity contribution is 8.76. The fourth-order valence-corrected chi connectivity index (χ4v) is 3.90. The van der Waals surface area contributed by atoms with Gasteiger partial charge in [-0.1, -0.05) is 42.4 Å². The molecule has 0 spiro atoms. The van der Waals surface area contributed by atoms with Crippen LogP contribution in [0.3, 0.4) is 0 Å².